The number of aromatic amines is 1. The van der Waals surface area contributed by atoms with Gasteiger partial charge in [-0.3, -0.25) is 0 Å². The third-order valence-corrected chi connectivity index (χ3v) is 2.28. The normalized spacial score (nSPS) is 8.12. The minimum Gasteiger partial charge on any atom is -0.344 e. The van der Waals surface area contributed by atoms with Crippen LogP contribution < -0.4 is 0 Å². The molecule has 0 saturated carbocycles. The lowest BCUT2D eigenvalue weighted by Gasteiger charge is -1.90. The lowest BCUT2D eigenvalue weighted by molar-refractivity contribution is 1.17. The maximum Gasteiger partial charge on any atom is 0.157 e. The molecule has 2 heterocycles. The third kappa shape index (κ3) is 4.47. The van der Waals surface area contributed by atoms with Gasteiger partial charge in [0.2, 0.25) is 0 Å². The number of H-pyrrole nitrogens is 1. The van der Waals surface area contributed by atoms with E-state index < -0.39 is 0 Å². The van der Waals surface area contributed by atoms with E-state index in [1.54, 1.807) is 6.20 Å². The average Bonchev–Trinajstić information content (AvgIpc) is 2.66. The van der Waals surface area contributed by atoms with Crippen LogP contribution in [0.25, 0.3) is 11.2 Å². The Kier molecular flexibility index (Phi) is 10.6. The van der Waals surface area contributed by atoms with Crippen molar-refractivity contribution in [2.24, 2.45) is 0 Å². The number of fused-ring (bicyclic) bond motifs is 1. The standard InChI is InChI=1S/C7H6IN3.2C2H6.CH4/c1-4-2-9-7-6(11-4)5(8)3-10-7;2*1-2;/h2-3H,1H3,(H,9,10);2*1-2H3;1H4. The fourth-order valence-electron chi connectivity index (χ4n) is 0.950. The molecule has 2 aromatic heterocycles. The van der Waals surface area contributed by atoms with Crippen LogP contribution in [0.3, 0.4) is 0 Å². The Morgan fingerprint density at radius 2 is 1.75 bits per heavy atom. The minimum absolute atomic E-state index is 0. The van der Waals surface area contributed by atoms with Gasteiger partial charge in [-0.05, 0) is 29.5 Å². The van der Waals surface area contributed by atoms with Gasteiger partial charge in [-0.15, -0.1) is 0 Å². The molecule has 0 aromatic carbocycles. The number of rotatable bonds is 0. The molecule has 0 bridgehead atoms. The first-order valence-electron chi connectivity index (χ1n) is 5.23. The van der Waals surface area contributed by atoms with Gasteiger partial charge in [0.05, 0.1) is 15.5 Å². The van der Waals surface area contributed by atoms with Crippen molar-refractivity contribution in [3.8, 4) is 0 Å². The molecule has 4 heteroatoms. The van der Waals surface area contributed by atoms with Crippen molar-refractivity contribution in [3.63, 3.8) is 0 Å². The molecule has 2 rings (SSSR count). The van der Waals surface area contributed by atoms with Crippen molar-refractivity contribution in [2.75, 3.05) is 0 Å². The predicted octanol–water partition coefficient (Wildman–Crippen LogP) is 4.56. The second kappa shape index (κ2) is 9.57. The van der Waals surface area contributed by atoms with E-state index in [1.165, 1.54) is 0 Å². The molecule has 0 aliphatic rings. The van der Waals surface area contributed by atoms with Crippen LogP contribution in [-0.2, 0) is 0 Å². The highest BCUT2D eigenvalue weighted by atomic mass is 127. The van der Waals surface area contributed by atoms with Crippen molar-refractivity contribution >= 4 is 33.8 Å². The summed E-state index contributed by atoms with van der Waals surface area (Å²) < 4.78 is 1.12. The van der Waals surface area contributed by atoms with E-state index in [-0.39, 0.29) is 7.43 Å². The number of hydrogen-bond donors (Lipinski definition) is 1. The summed E-state index contributed by atoms with van der Waals surface area (Å²) in [6, 6.07) is 0. The van der Waals surface area contributed by atoms with Crippen molar-refractivity contribution in [1.29, 1.82) is 0 Å². The molecule has 0 saturated heterocycles. The van der Waals surface area contributed by atoms with Crippen LogP contribution in [0.15, 0.2) is 12.4 Å². The van der Waals surface area contributed by atoms with Crippen LogP contribution in [0, 0.1) is 10.5 Å². The first kappa shape index (κ1) is 17.7. The lowest BCUT2D eigenvalue weighted by atomic mass is 10.4. The van der Waals surface area contributed by atoms with E-state index in [0.717, 1.165) is 20.4 Å². The van der Waals surface area contributed by atoms with Gasteiger partial charge in [-0.25, -0.2) is 9.97 Å². The summed E-state index contributed by atoms with van der Waals surface area (Å²) in [7, 11) is 0. The zero-order valence-corrected chi connectivity index (χ0v) is 12.1. The van der Waals surface area contributed by atoms with E-state index in [0.29, 0.717) is 0 Å². The molecule has 0 unspecified atom stereocenters. The van der Waals surface area contributed by atoms with E-state index in [9.17, 15) is 0 Å². The molecular weight excluding hydrogens is 313 g/mol. The van der Waals surface area contributed by atoms with Crippen LogP contribution in [0.5, 0.6) is 0 Å². The second-order valence-corrected chi connectivity index (χ2v) is 3.51. The average molecular weight is 335 g/mol. The highest BCUT2D eigenvalue weighted by molar-refractivity contribution is 14.1. The van der Waals surface area contributed by atoms with E-state index in [2.05, 4.69) is 37.5 Å². The smallest absolute Gasteiger partial charge is 0.157 e. The topological polar surface area (TPSA) is 41.6 Å². The van der Waals surface area contributed by atoms with Gasteiger partial charge in [0.1, 0.15) is 5.52 Å². The molecule has 0 amide bonds. The molecule has 0 spiro atoms. The fraction of sp³-hybridized carbons (Fsp3) is 0.500. The van der Waals surface area contributed by atoms with Gasteiger partial charge in [-0.1, -0.05) is 35.1 Å². The van der Waals surface area contributed by atoms with E-state index in [1.807, 2.05) is 40.8 Å². The largest absolute Gasteiger partial charge is 0.344 e. The molecule has 0 aliphatic carbocycles. The zero-order valence-electron chi connectivity index (χ0n) is 9.93. The molecule has 0 radical (unpaired) electrons. The maximum atomic E-state index is 4.33. The molecule has 0 aliphatic heterocycles. The van der Waals surface area contributed by atoms with Gasteiger partial charge in [-0.2, -0.15) is 0 Å². The number of nitrogens with zero attached hydrogens (tertiary/aromatic N) is 2. The summed E-state index contributed by atoms with van der Waals surface area (Å²) >= 11 is 2.24. The Hall–Kier alpha value is -0.650. The highest BCUT2D eigenvalue weighted by Crippen LogP contribution is 2.15. The molecule has 92 valence electrons. The fourth-order valence-corrected chi connectivity index (χ4v) is 1.48. The molecule has 0 fully saturated rings. The molecule has 2 aromatic rings. The van der Waals surface area contributed by atoms with Crippen LogP contribution in [-0.4, -0.2) is 15.0 Å². The van der Waals surface area contributed by atoms with Crippen LogP contribution in [0.2, 0.25) is 0 Å². The van der Waals surface area contributed by atoms with Gasteiger partial charge in [0, 0.05) is 6.20 Å². The van der Waals surface area contributed by atoms with Crippen LogP contribution >= 0.6 is 22.6 Å². The molecular formula is C12H22IN3. The lowest BCUT2D eigenvalue weighted by Crippen LogP contribution is -1.84. The first-order valence-corrected chi connectivity index (χ1v) is 6.31. The number of halogens is 1. The summed E-state index contributed by atoms with van der Waals surface area (Å²) in [4.78, 5) is 11.5. The number of aryl methyl sites for hydroxylation is 1. The van der Waals surface area contributed by atoms with Gasteiger partial charge >= 0.3 is 0 Å². The summed E-state index contributed by atoms with van der Waals surface area (Å²) in [6.07, 6.45) is 3.67. The molecule has 16 heavy (non-hydrogen) atoms. The summed E-state index contributed by atoms with van der Waals surface area (Å²) in [5.41, 5.74) is 2.78. The Balaban J connectivity index is 0. The predicted molar refractivity (Wildman–Crippen MR) is 80.8 cm³/mol. The van der Waals surface area contributed by atoms with E-state index >= 15 is 0 Å². The zero-order chi connectivity index (χ0) is 11.8. The SMILES string of the molecule is C.CC.CC.Cc1cnc2[nH]cc(I)c2n1. The molecule has 0 atom stereocenters. The van der Waals surface area contributed by atoms with Crippen molar-refractivity contribution < 1.29 is 0 Å². The monoisotopic (exact) mass is 335 g/mol. The molecule has 1 N–H and O–H groups in total. The summed E-state index contributed by atoms with van der Waals surface area (Å²) in [6.45, 7) is 9.94. The Morgan fingerprint density at radius 1 is 1.19 bits per heavy atom. The number of hydrogen-bond acceptors (Lipinski definition) is 2. The Morgan fingerprint density at radius 3 is 2.31 bits per heavy atom. The Bertz CT molecular complexity index is 396. The maximum absolute atomic E-state index is 4.33. The van der Waals surface area contributed by atoms with Gasteiger partial charge in [0.15, 0.2) is 5.65 Å². The van der Waals surface area contributed by atoms with E-state index in [4.69, 9.17) is 0 Å². The van der Waals surface area contributed by atoms with Crippen molar-refractivity contribution in [1.82, 2.24) is 15.0 Å². The number of aromatic nitrogens is 3. The number of nitrogens with one attached hydrogen (secondary N) is 1. The second-order valence-electron chi connectivity index (χ2n) is 2.35. The van der Waals surface area contributed by atoms with Crippen LogP contribution in [0.4, 0.5) is 0 Å². The summed E-state index contributed by atoms with van der Waals surface area (Å²) in [5.74, 6) is 0. The summed E-state index contributed by atoms with van der Waals surface area (Å²) in [5, 5.41) is 0. The van der Waals surface area contributed by atoms with Crippen molar-refractivity contribution in [2.45, 2.75) is 42.0 Å². The van der Waals surface area contributed by atoms with Gasteiger partial charge in [0.25, 0.3) is 0 Å². The highest BCUT2D eigenvalue weighted by Gasteiger charge is 2.01. The van der Waals surface area contributed by atoms with Crippen molar-refractivity contribution in [3.05, 3.63) is 21.7 Å². The van der Waals surface area contributed by atoms with Gasteiger partial charge < -0.3 is 4.98 Å². The Labute approximate surface area is 112 Å². The third-order valence-electron chi connectivity index (χ3n) is 1.45. The molecule has 3 nitrogen and oxygen atoms in total. The quantitative estimate of drug-likeness (QED) is 0.717. The first-order chi connectivity index (χ1) is 7.27. The van der Waals surface area contributed by atoms with Crippen LogP contribution in [0.1, 0.15) is 40.8 Å². The minimum atomic E-state index is 0.